The summed E-state index contributed by atoms with van der Waals surface area (Å²) in [6, 6.07) is 5.39. The van der Waals surface area contributed by atoms with E-state index < -0.39 is 11.9 Å². The molecule has 3 atom stereocenters. The van der Waals surface area contributed by atoms with E-state index in [9.17, 15) is 9.59 Å². The molecule has 0 aromatic heterocycles. The van der Waals surface area contributed by atoms with Gasteiger partial charge in [-0.2, -0.15) is 0 Å². The zero-order valence-corrected chi connectivity index (χ0v) is 17.6. The van der Waals surface area contributed by atoms with Crippen LogP contribution in [0, 0.1) is 5.92 Å². The van der Waals surface area contributed by atoms with E-state index >= 15 is 0 Å². The quantitative estimate of drug-likeness (QED) is 0.349. The van der Waals surface area contributed by atoms with Gasteiger partial charge >= 0.3 is 11.9 Å². The lowest BCUT2D eigenvalue weighted by Gasteiger charge is -2.27. The molecule has 0 spiro atoms. The molecule has 0 N–H and O–H groups in total. The van der Waals surface area contributed by atoms with Gasteiger partial charge in [0.15, 0.2) is 0 Å². The van der Waals surface area contributed by atoms with E-state index in [1.54, 1.807) is 26.0 Å². The molecule has 29 heavy (non-hydrogen) atoms. The van der Waals surface area contributed by atoms with Gasteiger partial charge in [-0.3, -0.25) is 0 Å². The van der Waals surface area contributed by atoms with E-state index in [0.29, 0.717) is 44.4 Å². The van der Waals surface area contributed by atoms with Gasteiger partial charge < -0.3 is 9.47 Å². The first-order valence-electron chi connectivity index (χ1n) is 9.74. The summed E-state index contributed by atoms with van der Waals surface area (Å²) in [5, 5.41) is 1.70. The minimum atomic E-state index is -0.490. The fourth-order valence-corrected chi connectivity index (χ4v) is 4.96. The van der Waals surface area contributed by atoms with Gasteiger partial charge in [0.2, 0.25) is 0 Å². The van der Waals surface area contributed by atoms with Crippen molar-refractivity contribution < 1.29 is 19.1 Å². The van der Waals surface area contributed by atoms with E-state index in [2.05, 4.69) is 20.1 Å². The van der Waals surface area contributed by atoms with Crippen molar-refractivity contribution in [2.75, 3.05) is 0 Å². The molecular formula is C24H23ClO4. The van der Waals surface area contributed by atoms with Crippen molar-refractivity contribution >= 4 is 34.3 Å². The SMILES string of the molecule is C=C(C)C(=O)Oc1c2c(c(OC(=O)C(=C)C)c3c(Cl)cccc13)C1CC(C)C2C1. The van der Waals surface area contributed by atoms with E-state index in [-0.39, 0.29) is 11.8 Å². The monoisotopic (exact) mass is 410 g/mol. The Morgan fingerprint density at radius 1 is 1.00 bits per heavy atom. The van der Waals surface area contributed by atoms with E-state index in [0.717, 1.165) is 24.0 Å². The Bertz CT molecular complexity index is 1100. The van der Waals surface area contributed by atoms with Crippen molar-refractivity contribution in [3.05, 3.63) is 58.7 Å². The number of carbonyl (C=O) groups is 2. The summed E-state index contributed by atoms with van der Waals surface area (Å²) >= 11 is 6.56. The molecule has 2 aromatic rings. The molecule has 0 amide bonds. The highest BCUT2D eigenvalue weighted by molar-refractivity contribution is 6.36. The van der Waals surface area contributed by atoms with Crippen molar-refractivity contribution in [3.8, 4) is 11.5 Å². The van der Waals surface area contributed by atoms with Crippen LogP contribution in [0.15, 0.2) is 42.5 Å². The highest BCUT2D eigenvalue weighted by Gasteiger charge is 2.47. The third kappa shape index (κ3) is 3.06. The number of rotatable bonds is 4. The van der Waals surface area contributed by atoms with Crippen molar-refractivity contribution in [1.82, 2.24) is 0 Å². The Morgan fingerprint density at radius 3 is 2.24 bits per heavy atom. The molecule has 2 aliphatic rings. The molecule has 0 aliphatic heterocycles. The molecule has 5 heteroatoms. The average Bonchev–Trinajstić information content (AvgIpc) is 3.21. The van der Waals surface area contributed by atoms with Gasteiger partial charge in [0.05, 0.1) is 5.02 Å². The first kappa shape index (κ1) is 19.7. The van der Waals surface area contributed by atoms with Crippen LogP contribution in [0.5, 0.6) is 11.5 Å². The number of hydrogen-bond acceptors (Lipinski definition) is 4. The predicted molar refractivity (Wildman–Crippen MR) is 114 cm³/mol. The highest BCUT2D eigenvalue weighted by atomic mass is 35.5. The largest absolute Gasteiger partial charge is 0.422 e. The third-order valence-electron chi connectivity index (χ3n) is 6.01. The molecular weight excluding hydrogens is 388 g/mol. The smallest absolute Gasteiger partial charge is 0.338 e. The second kappa shape index (κ2) is 7.03. The highest BCUT2D eigenvalue weighted by Crippen LogP contribution is 2.63. The summed E-state index contributed by atoms with van der Waals surface area (Å²) in [5.74, 6) is 0.958. The van der Waals surface area contributed by atoms with Gasteiger partial charge in [0.1, 0.15) is 11.5 Å². The van der Waals surface area contributed by atoms with Crippen LogP contribution in [-0.2, 0) is 9.59 Å². The van der Waals surface area contributed by atoms with E-state index in [4.69, 9.17) is 21.1 Å². The fourth-order valence-electron chi connectivity index (χ4n) is 4.70. The van der Waals surface area contributed by atoms with Crippen LogP contribution in [0.1, 0.15) is 56.6 Å². The first-order valence-corrected chi connectivity index (χ1v) is 10.1. The summed E-state index contributed by atoms with van der Waals surface area (Å²) in [6.07, 6.45) is 1.94. The lowest BCUT2D eigenvalue weighted by Crippen LogP contribution is -2.17. The standard InChI is InChI=1S/C24H23ClO4/c1-11(2)23(26)28-21-15-7-6-8-17(25)19(15)22(29-24(27)12(3)4)18-14-9-13(5)16(10-14)20(18)21/h6-8,13-14,16H,1,3,9-10H2,2,4-5H3. The van der Waals surface area contributed by atoms with Crippen molar-refractivity contribution in [2.24, 2.45) is 5.92 Å². The fraction of sp³-hybridized carbons (Fsp3) is 0.333. The second-order valence-corrected chi connectivity index (χ2v) is 8.65. The van der Waals surface area contributed by atoms with Crippen molar-refractivity contribution in [3.63, 3.8) is 0 Å². The lowest BCUT2D eigenvalue weighted by molar-refractivity contribution is -0.131. The number of halogens is 1. The van der Waals surface area contributed by atoms with Crippen LogP contribution in [-0.4, -0.2) is 11.9 Å². The summed E-state index contributed by atoms with van der Waals surface area (Å²) in [7, 11) is 0. The molecule has 3 unspecified atom stereocenters. The number of hydrogen-bond donors (Lipinski definition) is 0. The van der Waals surface area contributed by atoms with E-state index in [1.807, 2.05) is 6.07 Å². The molecule has 0 saturated heterocycles. The van der Waals surface area contributed by atoms with Crippen LogP contribution in [0.4, 0.5) is 0 Å². The van der Waals surface area contributed by atoms with Gasteiger partial charge in [0, 0.05) is 33.0 Å². The first-order chi connectivity index (χ1) is 13.7. The summed E-state index contributed by atoms with van der Waals surface area (Å²) in [6.45, 7) is 12.8. The molecule has 4 nitrogen and oxygen atoms in total. The lowest BCUT2D eigenvalue weighted by atomic mass is 9.82. The normalized spacial score (nSPS) is 21.7. The molecule has 2 bridgehead atoms. The number of benzene rings is 2. The molecule has 1 fully saturated rings. The Hall–Kier alpha value is -2.59. The van der Waals surface area contributed by atoms with E-state index in [1.165, 1.54) is 0 Å². The van der Waals surface area contributed by atoms with Crippen LogP contribution in [0.3, 0.4) is 0 Å². The third-order valence-corrected chi connectivity index (χ3v) is 6.33. The molecule has 0 heterocycles. The zero-order chi connectivity index (χ0) is 21.0. The molecule has 1 saturated carbocycles. The minimum absolute atomic E-state index is 0.237. The predicted octanol–water partition coefficient (Wildman–Crippen LogP) is 6.07. The Morgan fingerprint density at radius 2 is 1.62 bits per heavy atom. The molecule has 4 rings (SSSR count). The van der Waals surface area contributed by atoms with Crippen LogP contribution >= 0.6 is 11.6 Å². The molecule has 0 radical (unpaired) electrons. The van der Waals surface area contributed by atoms with Gasteiger partial charge in [-0.15, -0.1) is 0 Å². The maximum Gasteiger partial charge on any atom is 0.338 e. The number of esters is 2. The summed E-state index contributed by atoms with van der Waals surface area (Å²) in [5.41, 5.74) is 2.53. The van der Waals surface area contributed by atoms with Gasteiger partial charge in [-0.05, 0) is 50.5 Å². The van der Waals surface area contributed by atoms with Crippen molar-refractivity contribution in [2.45, 2.75) is 45.4 Å². The van der Waals surface area contributed by atoms with Gasteiger partial charge in [-0.25, -0.2) is 9.59 Å². The van der Waals surface area contributed by atoms with Crippen molar-refractivity contribution in [1.29, 1.82) is 0 Å². The van der Waals surface area contributed by atoms with Crippen LogP contribution in [0.25, 0.3) is 10.8 Å². The molecule has 2 aliphatic carbocycles. The Balaban J connectivity index is 2.05. The summed E-state index contributed by atoms with van der Waals surface area (Å²) in [4.78, 5) is 24.9. The van der Waals surface area contributed by atoms with Crippen LogP contribution < -0.4 is 9.47 Å². The number of carbonyl (C=O) groups excluding carboxylic acids is 2. The Kier molecular flexibility index (Phi) is 4.78. The second-order valence-electron chi connectivity index (χ2n) is 8.24. The Labute approximate surface area is 175 Å². The summed E-state index contributed by atoms with van der Waals surface area (Å²) < 4.78 is 11.7. The number of fused-ring (bicyclic) bond motifs is 6. The molecule has 2 aromatic carbocycles. The number of ether oxygens (including phenoxy) is 2. The average molecular weight is 411 g/mol. The maximum absolute atomic E-state index is 12.4. The minimum Gasteiger partial charge on any atom is -0.422 e. The van der Waals surface area contributed by atoms with Crippen LogP contribution in [0.2, 0.25) is 5.02 Å². The van der Waals surface area contributed by atoms with Gasteiger partial charge in [-0.1, -0.05) is 43.8 Å². The zero-order valence-electron chi connectivity index (χ0n) is 16.8. The topological polar surface area (TPSA) is 52.6 Å². The molecule has 150 valence electrons. The van der Waals surface area contributed by atoms with Gasteiger partial charge in [0.25, 0.3) is 0 Å². The maximum atomic E-state index is 12.4.